The van der Waals surface area contributed by atoms with Crippen molar-refractivity contribution in [3.63, 3.8) is 0 Å². The Labute approximate surface area is 135 Å². The summed E-state index contributed by atoms with van der Waals surface area (Å²) in [6.07, 6.45) is 15.5. The van der Waals surface area contributed by atoms with Crippen molar-refractivity contribution >= 4 is 5.97 Å². The second kappa shape index (κ2) is 8.17. The van der Waals surface area contributed by atoms with Crippen LogP contribution in [0.25, 0.3) is 0 Å². The first-order valence-corrected chi connectivity index (χ1v) is 8.17. The Morgan fingerprint density at radius 2 is 1.86 bits per heavy atom. The van der Waals surface area contributed by atoms with E-state index in [9.17, 15) is 4.79 Å². The molecule has 0 amide bonds. The molecule has 0 bridgehead atoms. The lowest BCUT2D eigenvalue weighted by molar-refractivity contribution is -0.131. The molecule has 0 aromatic rings. The highest BCUT2D eigenvalue weighted by Crippen LogP contribution is 2.44. The quantitative estimate of drug-likeness (QED) is 0.535. The molecule has 0 heterocycles. The summed E-state index contributed by atoms with van der Waals surface area (Å²) in [4.78, 5) is 10.5. The highest BCUT2D eigenvalue weighted by atomic mass is 16.4. The minimum atomic E-state index is -0.906. The molecular formula is C20H30O2. The third kappa shape index (κ3) is 6.05. The Hall–Kier alpha value is -1.57. The van der Waals surface area contributed by atoms with E-state index in [2.05, 4.69) is 39.8 Å². The molecule has 1 aliphatic carbocycles. The van der Waals surface area contributed by atoms with E-state index in [1.165, 1.54) is 30.9 Å². The Balaban J connectivity index is 2.70. The van der Waals surface area contributed by atoms with Crippen LogP contribution < -0.4 is 0 Å². The standard InChI is InChI=1S/C20H30O2/c1-15(8-6-9-16(2)14-19(21)22)11-12-18-17(3)10-7-13-20(18,4)5/h6,8-9,11-12,14,17-18H,7,10,13H2,1-5H3,(H,21,22)/b9-6+,12-11+,15-8-,16-14-. The van der Waals surface area contributed by atoms with Gasteiger partial charge in [-0.1, -0.05) is 69.6 Å². The molecule has 0 spiro atoms. The van der Waals surface area contributed by atoms with E-state index in [0.717, 1.165) is 11.5 Å². The number of carbonyl (C=O) groups is 1. The molecule has 0 aliphatic heterocycles. The van der Waals surface area contributed by atoms with Gasteiger partial charge in [-0.15, -0.1) is 0 Å². The summed E-state index contributed by atoms with van der Waals surface area (Å²) >= 11 is 0. The second-order valence-electron chi connectivity index (χ2n) is 7.24. The molecule has 1 saturated carbocycles. The SMILES string of the molecule is CC(=C/C(=O)O)/C=C/C=C(C)\C=C\C1C(C)CCCC1(C)C. The average Bonchev–Trinajstić information content (AvgIpc) is 2.36. The van der Waals surface area contributed by atoms with Crippen LogP contribution in [0.4, 0.5) is 0 Å². The van der Waals surface area contributed by atoms with Crippen LogP contribution in [0, 0.1) is 17.3 Å². The predicted molar refractivity (Wildman–Crippen MR) is 93.7 cm³/mol. The zero-order chi connectivity index (χ0) is 16.8. The topological polar surface area (TPSA) is 37.3 Å². The number of rotatable bonds is 5. The zero-order valence-corrected chi connectivity index (χ0v) is 14.6. The summed E-state index contributed by atoms with van der Waals surface area (Å²) in [5.74, 6) is 0.461. The Morgan fingerprint density at radius 1 is 1.18 bits per heavy atom. The van der Waals surface area contributed by atoms with Crippen LogP contribution in [-0.4, -0.2) is 11.1 Å². The summed E-state index contributed by atoms with van der Waals surface area (Å²) in [5, 5.41) is 8.66. The fourth-order valence-corrected chi connectivity index (χ4v) is 3.35. The number of allylic oxidation sites excluding steroid dienone is 7. The number of aliphatic carboxylic acids is 1. The normalized spacial score (nSPS) is 26.8. The first kappa shape index (κ1) is 18.5. The molecule has 0 saturated heterocycles. The molecule has 1 aliphatic rings. The van der Waals surface area contributed by atoms with Crippen molar-refractivity contribution in [2.24, 2.45) is 17.3 Å². The highest BCUT2D eigenvalue weighted by Gasteiger charge is 2.34. The zero-order valence-electron chi connectivity index (χ0n) is 14.6. The molecule has 0 aromatic carbocycles. The van der Waals surface area contributed by atoms with E-state index in [4.69, 9.17) is 5.11 Å². The van der Waals surface area contributed by atoms with Crippen LogP contribution >= 0.6 is 0 Å². The van der Waals surface area contributed by atoms with Crippen LogP contribution in [-0.2, 0) is 4.79 Å². The Bertz CT molecular complexity index is 504. The van der Waals surface area contributed by atoms with Crippen molar-refractivity contribution in [2.45, 2.75) is 53.9 Å². The van der Waals surface area contributed by atoms with E-state index in [0.29, 0.717) is 11.3 Å². The lowest BCUT2D eigenvalue weighted by Crippen LogP contribution is -2.32. The molecule has 2 unspecified atom stereocenters. The minimum Gasteiger partial charge on any atom is -0.478 e. The summed E-state index contributed by atoms with van der Waals surface area (Å²) in [6.45, 7) is 11.0. The van der Waals surface area contributed by atoms with Gasteiger partial charge >= 0.3 is 5.97 Å². The molecule has 122 valence electrons. The summed E-state index contributed by atoms with van der Waals surface area (Å²) < 4.78 is 0. The molecule has 2 nitrogen and oxygen atoms in total. The van der Waals surface area contributed by atoms with Gasteiger partial charge in [0.15, 0.2) is 0 Å². The van der Waals surface area contributed by atoms with Crippen LogP contribution in [0.1, 0.15) is 53.9 Å². The van der Waals surface area contributed by atoms with Crippen molar-refractivity contribution in [1.82, 2.24) is 0 Å². The van der Waals surface area contributed by atoms with E-state index < -0.39 is 5.97 Å². The maximum Gasteiger partial charge on any atom is 0.328 e. The van der Waals surface area contributed by atoms with E-state index >= 15 is 0 Å². The van der Waals surface area contributed by atoms with Gasteiger partial charge in [0.05, 0.1) is 0 Å². The van der Waals surface area contributed by atoms with Crippen LogP contribution in [0.3, 0.4) is 0 Å². The first-order valence-electron chi connectivity index (χ1n) is 8.17. The van der Waals surface area contributed by atoms with Crippen molar-refractivity contribution in [2.75, 3.05) is 0 Å². The van der Waals surface area contributed by atoms with E-state index in [1.807, 2.05) is 18.2 Å². The van der Waals surface area contributed by atoms with Gasteiger partial charge in [-0.05, 0) is 43.1 Å². The van der Waals surface area contributed by atoms with E-state index in [1.54, 1.807) is 6.92 Å². The van der Waals surface area contributed by atoms with Crippen LogP contribution in [0.2, 0.25) is 0 Å². The second-order valence-corrected chi connectivity index (χ2v) is 7.24. The monoisotopic (exact) mass is 302 g/mol. The Morgan fingerprint density at radius 3 is 2.45 bits per heavy atom. The van der Waals surface area contributed by atoms with Gasteiger partial charge in [0, 0.05) is 6.08 Å². The van der Waals surface area contributed by atoms with Gasteiger partial charge in [-0.3, -0.25) is 0 Å². The fraction of sp³-hybridized carbons (Fsp3) is 0.550. The largest absolute Gasteiger partial charge is 0.478 e. The molecule has 2 atom stereocenters. The number of carboxylic acids is 1. The minimum absolute atomic E-state index is 0.380. The van der Waals surface area contributed by atoms with Gasteiger partial charge in [0.2, 0.25) is 0 Å². The molecular weight excluding hydrogens is 272 g/mol. The van der Waals surface area contributed by atoms with Gasteiger partial charge < -0.3 is 5.11 Å². The summed E-state index contributed by atoms with van der Waals surface area (Å²) in [6, 6.07) is 0. The van der Waals surface area contributed by atoms with Gasteiger partial charge in [0.1, 0.15) is 0 Å². The highest BCUT2D eigenvalue weighted by molar-refractivity contribution is 5.81. The number of carboxylic acid groups (broad SMARTS) is 1. The average molecular weight is 302 g/mol. The fourth-order valence-electron chi connectivity index (χ4n) is 3.35. The first-order chi connectivity index (χ1) is 10.2. The maximum absolute atomic E-state index is 10.5. The number of hydrogen-bond donors (Lipinski definition) is 1. The smallest absolute Gasteiger partial charge is 0.328 e. The lowest BCUT2D eigenvalue weighted by Gasteiger charge is -2.41. The molecule has 1 N–H and O–H groups in total. The maximum atomic E-state index is 10.5. The molecule has 0 aromatic heterocycles. The van der Waals surface area contributed by atoms with Crippen molar-refractivity contribution in [3.05, 3.63) is 47.6 Å². The summed E-state index contributed by atoms with van der Waals surface area (Å²) in [7, 11) is 0. The Kier molecular flexibility index (Phi) is 6.86. The van der Waals surface area contributed by atoms with Crippen LogP contribution in [0.5, 0.6) is 0 Å². The molecule has 1 fully saturated rings. The van der Waals surface area contributed by atoms with E-state index in [-0.39, 0.29) is 0 Å². The molecule has 0 radical (unpaired) electrons. The summed E-state index contributed by atoms with van der Waals surface area (Å²) in [5.41, 5.74) is 2.31. The lowest BCUT2D eigenvalue weighted by atomic mass is 9.64. The van der Waals surface area contributed by atoms with Gasteiger partial charge in [-0.2, -0.15) is 0 Å². The van der Waals surface area contributed by atoms with Crippen molar-refractivity contribution in [3.8, 4) is 0 Å². The molecule has 1 rings (SSSR count). The van der Waals surface area contributed by atoms with Crippen molar-refractivity contribution in [1.29, 1.82) is 0 Å². The number of hydrogen-bond acceptors (Lipinski definition) is 1. The van der Waals surface area contributed by atoms with Gasteiger partial charge in [0.25, 0.3) is 0 Å². The third-order valence-electron chi connectivity index (χ3n) is 4.63. The molecule has 22 heavy (non-hydrogen) atoms. The van der Waals surface area contributed by atoms with Crippen LogP contribution in [0.15, 0.2) is 47.6 Å². The predicted octanol–water partition coefficient (Wildman–Crippen LogP) is 5.54. The van der Waals surface area contributed by atoms with Crippen molar-refractivity contribution < 1.29 is 9.90 Å². The molecule has 2 heteroatoms. The van der Waals surface area contributed by atoms with Gasteiger partial charge in [-0.25, -0.2) is 4.79 Å². The third-order valence-corrected chi connectivity index (χ3v) is 4.63.